The fraction of sp³-hybridized carbons (Fsp3) is 0.267. The lowest BCUT2D eigenvalue weighted by Gasteiger charge is -2.13. The molecule has 0 fully saturated rings. The van der Waals surface area contributed by atoms with Gasteiger partial charge in [0.05, 0.1) is 6.04 Å². The molecule has 0 saturated heterocycles. The van der Waals surface area contributed by atoms with Gasteiger partial charge < -0.3 is 9.73 Å². The van der Waals surface area contributed by atoms with Crippen LogP contribution in [-0.4, -0.2) is 5.91 Å². The van der Waals surface area contributed by atoms with E-state index in [0.717, 1.165) is 12.0 Å². The summed E-state index contributed by atoms with van der Waals surface area (Å²) in [6.07, 6.45) is 1.01. The van der Waals surface area contributed by atoms with E-state index in [0.29, 0.717) is 0 Å². The SMILES string of the molecule is CCc1ccc(C(C)NC(=O)c2ccc(Cl)o2)cc1. The highest BCUT2D eigenvalue weighted by Gasteiger charge is 2.14. The molecule has 3 nitrogen and oxygen atoms in total. The lowest BCUT2D eigenvalue weighted by atomic mass is 10.0. The lowest BCUT2D eigenvalue weighted by Crippen LogP contribution is -2.26. The van der Waals surface area contributed by atoms with Gasteiger partial charge in [0.15, 0.2) is 11.0 Å². The molecule has 1 amide bonds. The standard InChI is InChI=1S/C15H16ClNO2/c1-3-11-4-6-12(7-5-11)10(2)17-15(18)13-8-9-14(16)19-13/h4-10H,3H2,1-2H3,(H,17,18). The van der Waals surface area contributed by atoms with E-state index in [4.69, 9.17) is 16.0 Å². The van der Waals surface area contributed by atoms with Crippen molar-refractivity contribution in [3.8, 4) is 0 Å². The fourth-order valence-corrected chi connectivity index (χ4v) is 1.98. The molecule has 1 aromatic carbocycles. The zero-order chi connectivity index (χ0) is 13.8. The number of hydrogen-bond acceptors (Lipinski definition) is 2. The van der Waals surface area contributed by atoms with Crippen LogP contribution in [-0.2, 0) is 6.42 Å². The Balaban J connectivity index is 2.03. The van der Waals surface area contributed by atoms with Crippen LogP contribution >= 0.6 is 11.6 Å². The van der Waals surface area contributed by atoms with Gasteiger partial charge in [-0.1, -0.05) is 31.2 Å². The van der Waals surface area contributed by atoms with Crippen LogP contribution in [0.5, 0.6) is 0 Å². The second-order valence-corrected chi connectivity index (χ2v) is 4.77. The van der Waals surface area contributed by atoms with E-state index in [1.54, 1.807) is 12.1 Å². The molecule has 2 rings (SSSR count). The van der Waals surface area contributed by atoms with Crippen LogP contribution in [0.25, 0.3) is 0 Å². The summed E-state index contributed by atoms with van der Waals surface area (Å²) in [5.74, 6) is -0.0407. The summed E-state index contributed by atoms with van der Waals surface area (Å²) in [6.45, 7) is 4.05. The molecular weight excluding hydrogens is 262 g/mol. The summed E-state index contributed by atoms with van der Waals surface area (Å²) in [5, 5.41) is 3.08. The first-order valence-electron chi connectivity index (χ1n) is 6.25. The molecule has 100 valence electrons. The average molecular weight is 278 g/mol. The molecule has 0 saturated carbocycles. The highest BCUT2D eigenvalue weighted by molar-refractivity contribution is 6.29. The molecule has 0 bridgehead atoms. The van der Waals surface area contributed by atoms with Crippen molar-refractivity contribution >= 4 is 17.5 Å². The van der Waals surface area contributed by atoms with Crippen LogP contribution in [0.4, 0.5) is 0 Å². The van der Waals surface area contributed by atoms with Crippen molar-refractivity contribution < 1.29 is 9.21 Å². The zero-order valence-corrected chi connectivity index (χ0v) is 11.7. The van der Waals surface area contributed by atoms with Gasteiger partial charge in [-0.3, -0.25) is 4.79 Å². The smallest absolute Gasteiger partial charge is 0.287 e. The average Bonchev–Trinajstić information content (AvgIpc) is 2.85. The Hall–Kier alpha value is -1.74. The van der Waals surface area contributed by atoms with Crippen molar-refractivity contribution in [2.45, 2.75) is 26.3 Å². The van der Waals surface area contributed by atoms with Crippen molar-refractivity contribution in [1.82, 2.24) is 5.32 Å². The monoisotopic (exact) mass is 277 g/mol. The van der Waals surface area contributed by atoms with Gasteiger partial charge in [0.1, 0.15) is 0 Å². The number of benzene rings is 1. The van der Waals surface area contributed by atoms with Gasteiger partial charge in [0.2, 0.25) is 0 Å². The number of furan rings is 1. The van der Waals surface area contributed by atoms with Gasteiger partial charge in [-0.05, 0) is 48.2 Å². The Morgan fingerprint density at radius 2 is 1.95 bits per heavy atom. The third-order valence-electron chi connectivity index (χ3n) is 3.03. The number of rotatable bonds is 4. The molecule has 1 heterocycles. The minimum Gasteiger partial charge on any atom is -0.440 e. The number of carbonyl (C=O) groups is 1. The second kappa shape index (κ2) is 5.93. The van der Waals surface area contributed by atoms with Gasteiger partial charge in [-0.2, -0.15) is 0 Å². The van der Waals surface area contributed by atoms with Gasteiger partial charge >= 0.3 is 0 Å². The maximum atomic E-state index is 11.9. The van der Waals surface area contributed by atoms with Crippen LogP contribution in [0.1, 0.15) is 41.6 Å². The topological polar surface area (TPSA) is 42.2 Å². The molecule has 0 aliphatic heterocycles. The second-order valence-electron chi connectivity index (χ2n) is 4.39. The van der Waals surface area contributed by atoms with Crippen LogP contribution in [0.3, 0.4) is 0 Å². The highest BCUT2D eigenvalue weighted by atomic mass is 35.5. The molecule has 1 atom stereocenters. The predicted molar refractivity (Wildman–Crippen MR) is 75.4 cm³/mol. The molecule has 2 aromatic rings. The van der Waals surface area contributed by atoms with Crippen LogP contribution in [0, 0.1) is 0 Å². The fourth-order valence-electron chi connectivity index (χ4n) is 1.83. The molecule has 19 heavy (non-hydrogen) atoms. The Kier molecular flexibility index (Phi) is 4.27. The van der Waals surface area contributed by atoms with Crippen LogP contribution in [0.2, 0.25) is 5.22 Å². The summed E-state index contributed by atoms with van der Waals surface area (Å²) < 4.78 is 5.07. The van der Waals surface area contributed by atoms with Crippen molar-refractivity contribution in [2.75, 3.05) is 0 Å². The Morgan fingerprint density at radius 3 is 2.47 bits per heavy atom. The minimum atomic E-state index is -0.265. The first-order chi connectivity index (χ1) is 9.10. The van der Waals surface area contributed by atoms with E-state index in [1.807, 2.05) is 19.1 Å². The first kappa shape index (κ1) is 13.7. The van der Waals surface area contributed by atoms with E-state index < -0.39 is 0 Å². The summed E-state index contributed by atoms with van der Waals surface area (Å²) in [7, 11) is 0. The Labute approximate surface area is 117 Å². The Morgan fingerprint density at radius 1 is 1.26 bits per heavy atom. The summed E-state index contributed by atoms with van der Waals surface area (Å²) in [6, 6.07) is 11.2. The minimum absolute atomic E-state index is 0.0812. The van der Waals surface area contributed by atoms with Crippen molar-refractivity contribution in [3.63, 3.8) is 0 Å². The summed E-state index contributed by atoms with van der Waals surface area (Å²) >= 11 is 5.64. The quantitative estimate of drug-likeness (QED) is 0.918. The molecule has 0 spiro atoms. The number of carbonyl (C=O) groups excluding carboxylic acids is 1. The lowest BCUT2D eigenvalue weighted by molar-refractivity contribution is 0.0912. The molecule has 1 aromatic heterocycles. The summed E-state index contributed by atoms with van der Waals surface area (Å²) in [4.78, 5) is 11.9. The number of hydrogen-bond donors (Lipinski definition) is 1. The highest BCUT2D eigenvalue weighted by Crippen LogP contribution is 2.17. The van der Waals surface area contributed by atoms with Crippen LogP contribution < -0.4 is 5.32 Å². The normalized spacial score (nSPS) is 12.2. The van der Waals surface area contributed by atoms with E-state index in [2.05, 4.69) is 24.4 Å². The van der Waals surface area contributed by atoms with Gasteiger partial charge in [0.25, 0.3) is 5.91 Å². The van der Waals surface area contributed by atoms with E-state index >= 15 is 0 Å². The molecule has 1 N–H and O–H groups in total. The van der Waals surface area contributed by atoms with E-state index in [9.17, 15) is 4.79 Å². The maximum absolute atomic E-state index is 11.9. The maximum Gasteiger partial charge on any atom is 0.287 e. The molecular formula is C15H16ClNO2. The van der Waals surface area contributed by atoms with E-state index in [-0.39, 0.29) is 22.9 Å². The van der Waals surface area contributed by atoms with Gasteiger partial charge in [-0.15, -0.1) is 0 Å². The first-order valence-corrected chi connectivity index (χ1v) is 6.63. The molecule has 4 heteroatoms. The van der Waals surface area contributed by atoms with Gasteiger partial charge in [-0.25, -0.2) is 0 Å². The van der Waals surface area contributed by atoms with Crippen molar-refractivity contribution in [3.05, 3.63) is 58.5 Å². The number of aryl methyl sites for hydroxylation is 1. The predicted octanol–water partition coefficient (Wildman–Crippen LogP) is 3.99. The largest absolute Gasteiger partial charge is 0.440 e. The van der Waals surface area contributed by atoms with Crippen molar-refractivity contribution in [2.24, 2.45) is 0 Å². The number of amides is 1. The van der Waals surface area contributed by atoms with Crippen LogP contribution in [0.15, 0.2) is 40.8 Å². The summed E-state index contributed by atoms with van der Waals surface area (Å²) in [5.41, 5.74) is 2.34. The molecule has 0 aliphatic rings. The van der Waals surface area contributed by atoms with E-state index in [1.165, 1.54) is 5.56 Å². The Bertz CT molecular complexity index is 560. The third-order valence-corrected chi connectivity index (χ3v) is 3.24. The third kappa shape index (κ3) is 3.38. The number of halogens is 1. The zero-order valence-electron chi connectivity index (χ0n) is 10.9. The van der Waals surface area contributed by atoms with Gasteiger partial charge in [0, 0.05) is 0 Å². The molecule has 0 radical (unpaired) electrons. The molecule has 0 aliphatic carbocycles. The van der Waals surface area contributed by atoms with Crippen molar-refractivity contribution in [1.29, 1.82) is 0 Å². The molecule has 1 unspecified atom stereocenters. The number of nitrogens with one attached hydrogen (secondary N) is 1.